The van der Waals surface area contributed by atoms with Gasteiger partial charge in [-0.2, -0.15) is 0 Å². The lowest BCUT2D eigenvalue weighted by atomic mass is 10.0. The molecule has 0 aromatic heterocycles. The molecule has 0 aliphatic carbocycles. The first kappa shape index (κ1) is 42.7. The van der Waals surface area contributed by atoms with Gasteiger partial charge in [-0.25, -0.2) is 0 Å². The number of amides is 2. The van der Waals surface area contributed by atoms with E-state index in [1.807, 2.05) is 6.08 Å². The molecular weight excluding hydrogens is 660 g/mol. The Morgan fingerprint density at radius 1 is 0.647 bits per heavy atom. The molecule has 7 nitrogen and oxygen atoms in total. The summed E-state index contributed by atoms with van der Waals surface area (Å²) in [5, 5.41) is 6.23. The van der Waals surface area contributed by atoms with Crippen molar-refractivity contribution in [3.8, 4) is 5.75 Å². The molecule has 274 valence electrons. The Balaban J connectivity index is 1.47. The normalized spacial score (nSPS) is 12.3. The quantitative estimate of drug-likeness (QED) is 0.0607. The van der Waals surface area contributed by atoms with Crippen molar-refractivity contribution in [3.63, 3.8) is 0 Å². The molecule has 0 radical (unpaired) electrons. The van der Waals surface area contributed by atoms with Crippen LogP contribution in [0.25, 0.3) is 0 Å². The van der Waals surface area contributed by atoms with Crippen LogP contribution in [-0.4, -0.2) is 49.5 Å². The number of halogens is 1. The standard InChI is InChI=1S/C43H55ClN2O5/c1-4-5-6-7-8-9-10-11-12-13-14-15-16-17-18-19-20-21-22-23-40(47)45-32-34-50-35-33-46-42(49)43(2,3)51-39-30-26-37(27-31-39)41(48)36-24-28-38(44)29-25-36/h5-6,8-9,11-12,14-15,17-18,20-21,24-31H,4,7,10,13,16,19,22-23,32-35H2,1-3H3,(H,45,47)(H,46,49)/b6-5-,9-8-,12-11-,15-14-,18-17-,21-20-. The van der Waals surface area contributed by atoms with E-state index in [0.717, 1.165) is 38.5 Å². The molecule has 0 aliphatic heterocycles. The van der Waals surface area contributed by atoms with Crippen LogP contribution in [0.4, 0.5) is 0 Å². The van der Waals surface area contributed by atoms with Crippen LogP contribution in [-0.2, 0) is 14.3 Å². The third-order valence-corrected chi connectivity index (χ3v) is 7.63. The molecule has 2 rings (SSSR count). The first-order valence-corrected chi connectivity index (χ1v) is 18.2. The van der Waals surface area contributed by atoms with Gasteiger partial charge in [0.05, 0.1) is 13.2 Å². The number of carbonyl (C=O) groups excluding carboxylic acids is 3. The van der Waals surface area contributed by atoms with Crippen molar-refractivity contribution in [2.24, 2.45) is 0 Å². The summed E-state index contributed by atoms with van der Waals surface area (Å²) >= 11 is 5.91. The fourth-order valence-electron chi connectivity index (χ4n) is 4.54. The molecule has 0 aliphatic rings. The molecule has 0 heterocycles. The zero-order valence-electron chi connectivity index (χ0n) is 30.5. The fourth-order valence-corrected chi connectivity index (χ4v) is 4.67. The molecule has 0 unspecified atom stereocenters. The Morgan fingerprint density at radius 3 is 1.61 bits per heavy atom. The van der Waals surface area contributed by atoms with Gasteiger partial charge in [-0.1, -0.05) is 91.4 Å². The second-order valence-electron chi connectivity index (χ2n) is 12.1. The van der Waals surface area contributed by atoms with Crippen molar-refractivity contribution in [2.75, 3.05) is 26.3 Å². The summed E-state index contributed by atoms with van der Waals surface area (Å²) in [5.41, 5.74) is -0.0989. The molecule has 2 aromatic carbocycles. The van der Waals surface area contributed by atoms with E-state index in [1.54, 1.807) is 62.4 Å². The summed E-state index contributed by atoms with van der Waals surface area (Å²) in [5.74, 6) is 0.0224. The van der Waals surface area contributed by atoms with Crippen LogP contribution in [0.5, 0.6) is 5.75 Å². The summed E-state index contributed by atoms with van der Waals surface area (Å²) in [4.78, 5) is 37.5. The summed E-state index contributed by atoms with van der Waals surface area (Å²) in [7, 11) is 0. The van der Waals surface area contributed by atoms with Gasteiger partial charge >= 0.3 is 0 Å². The maximum Gasteiger partial charge on any atom is 0.263 e. The van der Waals surface area contributed by atoms with Gasteiger partial charge in [0.2, 0.25) is 5.91 Å². The van der Waals surface area contributed by atoms with Crippen molar-refractivity contribution in [1.82, 2.24) is 10.6 Å². The number of hydrogen-bond acceptors (Lipinski definition) is 5. The number of carbonyl (C=O) groups is 3. The van der Waals surface area contributed by atoms with Crippen LogP contribution in [0.1, 0.15) is 88.1 Å². The lowest BCUT2D eigenvalue weighted by Gasteiger charge is -2.25. The van der Waals surface area contributed by atoms with Crippen LogP contribution < -0.4 is 15.4 Å². The highest BCUT2D eigenvalue weighted by Crippen LogP contribution is 2.21. The maximum atomic E-state index is 12.7. The third-order valence-electron chi connectivity index (χ3n) is 7.38. The second kappa shape index (κ2) is 26.4. The Morgan fingerprint density at radius 2 is 1.10 bits per heavy atom. The van der Waals surface area contributed by atoms with Crippen LogP contribution in [0.3, 0.4) is 0 Å². The number of benzene rings is 2. The topological polar surface area (TPSA) is 93.7 Å². The lowest BCUT2D eigenvalue weighted by Crippen LogP contribution is -2.47. The number of allylic oxidation sites excluding steroid dienone is 12. The number of ether oxygens (including phenoxy) is 2. The highest BCUT2D eigenvalue weighted by molar-refractivity contribution is 6.30. The molecule has 0 atom stereocenters. The Bertz CT molecular complexity index is 1490. The van der Waals surface area contributed by atoms with E-state index in [4.69, 9.17) is 21.1 Å². The molecular formula is C43H55ClN2O5. The van der Waals surface area contributed by atoms with Crippen molar-refractivity contribution in [2.45, 2.75) is 77.7 Å². The van der Waals surface area contributed by atoms with E-state index < -0.39 is 5.60 Å². The maximum absolute atomic E-state index is 12.7. The van der Waals surface area contributed by atoms with Crippen LogP contribution in [0, 0.1) is 0 Å². The minimum absolute atomic E-state index is 0.0206. The summed E-state index contributed by atoms with van der Waals surface area (Å²) < 4.78 is 11.4. The van der Waals surface area contributed by atoms with Gasteiger partial charge in [0.25, 0.3) is 5.91 Å². The van der Waals surface area contributed by atoms with Crippen LogP contribution in [0.2, 0.25) is 5.02 Å². The average Bonchev–Trinajstić information content (AvgIpc) is 3.12. The van der Waals surface area contributed by atoms with Gasteiger partial charge < -0.3 is 20.1 Å². The summed E-state index contributed by atoms with van der Waals surface area (Å²) in [6.07, 6.45) is 32.9. The predicted octanol–water partition coefficient (Wildman–Crippen LogP) is 9.46. The van der Waals surface area contributed by atoms with Crippen LogP contribution >= 0.6 is 11.6 Å². The minimum atomic E-state index is -1.14. The number of nitrogens with one attached hydrogen (secondary N) is 2. The van der Waals surface area contributed by atoms with E-state index >= 15 is 0 Å². The average molecular weight is 715 g/mol. The smallest absolute Gasteiger partial charge is 0.263 e. The molecule has 0 bridgehead atoms. The number of rotatable bonds is 25. The number of ketones is 1. The largest absolute Gasteiger partial charge is 0.478 e. The van der Waals surface area contributed by atoms with Crippen molar-refractivity contribution < 1.29 is 23.9 Å². The molecule has 2 N–H and O–H groups in total. The van der Waals surface area contributed by atoms with Gasteiger partial charge in [-0.05, 0) is 107 Å². The van der Waals surface area contributed by atoms with E-state index in [0.29, 0.717) is 61.0 Å². The number of hydrogen-bond donors (Lipinski definition) is 2. The predicted molar refractivity (Wildman–Crippen MR) is 210 cm³/mol. The molecule has 0 saturated carbocycles. The van der Waals surface area contributed by atoms with Gasteiger partial charge in [0.1, 0.15) is 5.75 Å². The second-order valence-corrected chi connectivity index (χ2v) is 12.6. The zero-order chi connectivity index (χ0) is 37.0. The first-order chi connectivity index (χ1) is 24.7. The van der Waals surface area contributed by atoms with Crippen molar-refractivity contribution in [1.29, 1.82) is 0 Å². The summed E-state index contributed by atoms with van der Waals surface area (Å²) in [6.45, 7) is 6.85. The van der Waals surface area contributed by atoms with Crippen LogP contribution in [0.15, 0.2) is 121 Å². The molecule has 0 fully saturated rings. The van der Waals surface area contributed by atoms with Crippen molar-refractivity contribution in [3.05, 3.63) is 138 Å². The molecule has 8 heteroatoms. The molecule has 0 saturated heterocycles. The Hall–Kier alpha value is -4.46. The third kappa shape index (κ3) is 20.1. The first-order valence-electron chi connectivity index (χ1n) is 17.8. The Kier molecular flexibility index (Phi) is 22.1. The molecule has 2 aromatic rings. The van der Waals surface area contributed by atoms with Gasteiger partial charge in [-0.15, -0.1) is 0 Å². The Labute approximate surface area is 310 Å². The SMILES string of the molecule is CC/C=C\C/C=C\C/C=C\C/C=C\C/C=C\C/C=C\CCC(=O)NCCOCCNC(=O)C(C)(C)Oc1ccc(C(=O)c2ccc(Cl)cc2)cc1. The monoisotopic (exact) mass is 714 g/mol. The van der Waals surface area contributed by atoms with Gasteiger partial charge in [0.15, 0.2) is 11.4 Å². The molecule has 2 amide bonds. The van der Waals surface area contributed by atoms with Crippen molar-refractivity contribution >= 4 is 29.2 Å². The fraction of sp³-hybridized carbons (Fsp3) is 0.372. The molecule has 0 spiro atoms. The highest BCUT2D eigenvalue weighted by atomic mass is 35.5. The zero-order valence-corrected chi connectivity index (χ0v) is 31.2. The molecule has 51 heavy (non-hydrogen) atoms. The van der Waals surface area contributed by atoms with Gasteiger partial charge in [0, 0.05) is 35.7 Å². The van der Waals surface area contributed by atoms with E-state index in [-0.39, 0.29) is 17.6 Å². The van der Waals surface area contributed by atoms with E-state index in [2.05, 4.69) is 84.4 Å². The van der Waals surface area contributed by atoms with Gasteiger partial charge in [-0.3, -0.25) is 14.4 Å². The minimum Gasteiger partial charge on any atom is -0.478 e. The van der Waals surface area contributed by atoms with E-state index in [1.165, 1.54) is 0 Å². The highest BCUT2D eigenvalue weighted by Gasteiger charge is 2.29. The lowest BCUT2D eigenvalue weighted by molar-refractivity contribution is -0.134. The summed E-state index contributed by atoms with van der Waals surface area (Å²) in [6, 6.07) is 13.4. The van der Waals surface area contributed by atoms with E-state index in [9.17, 15) is 14.4 Å².